The molecule has 0 radical (unpaired) electrons. The van der Waals surface area contributed by atoms with Gasteiger partial charge in [-0.05, 0) is 6.92 Å². The molecule has 0 saturated heterocycles. The smallest absolute Gasteiger partial charge is 0.341 e. The molecule has 19 heavy (non-hydrogen) atoms. The average Bonchev–Trinajstić information content (AvgIpc) is 2.76. The van der Waals surface area contributed by atoms with Crippen LogP contribution in [0, 0.1) is 0 Å². The summed E-state index contributed by atoms with van der Waals surface area (Å²) in [6.07, 6.45) is 1.76. The summed E-state index contributed by atoms with van der Waals surface area (Å²) in [6.45, 7) is 2.98. The summed E-state index contributed by atoms with van der Waals surface area (Å²) in [5.74, 6) is -0.663. The number of aromatic nitrogens is 2. The first-order chi connectivity index (χ1) is 9.10. The lowest BCUT2D eigenvalue weighted by molar-refractivity contribution is -0.140. The Morgan fingerprint density at radius 3 is 2.84 bits per heavy atom. The van der Waals surface area contributed by atoms with E-state index in [0.717, 1.165) is 5.69 Å². The van der Waals surface area contributed by atoms with E-state index in [-0.39, 0.29) is 18.4 Å². The van der Waals surface area contributed by atoms with E-state index in [0.29, 0.717) is 25.3 Å². The van der Waals surface area contributed by atoms with Gasteiger partial charge in [-0.2, -0.15) is 5.10 Å². The highest BCUT2D eigenvalue weighted by Crippen LogP contribution is 2.09. The maximum absolute atomic E-state index is 11.7. The molecular formula is C12H19N3O4. The lowest BCUT2D eigenvalue weighted by atomic mass is 10.2. The predicted octanol–water partition coefficient (Wildman–Crippen LogP) is 0.250. The van der Waals surface area contributed by atoms with E-state index in [1.54, 1.807) is 18.7 Å². The SMILES string of the molecule is CCOC(=O)c1cnn(C)c1CNCCC(=O)OC. The first-order valence-corrected chi connectivity index (χ1v) is 6.05. The summed E-state index contributed by atoms with van der Waals surface area (Å²) in [5, 5.41) is 7.10. The maximum Gasteiger partial charge on any atom is 0.341 e. The monoisotopic (exact) mass is 269 g/mol. The van der Waals surface area contributed by atoms with Gasteiger partial charge in [0, 0.05) is 20.1 Å². The highest BCUT2D eigenvalue weighted by Gasteiger charge is 2.16. The molecule has 7 heteroatoms. The second-order valence-corrected chi connectivity index (χ2v) is 3.85. The molecule has 0 aromatic carbocycles. The molecule has 1 aromatic heterocycles. The number of esters is 2. The van der Waals surface area contributed by atoms with Crippen molar-refractivity contribution in [2.45, 2.75) is 19.9 Å². The molecule has 0 aliphatic rings. The van der Waals surface area contributed by atoms with Crippen LogP contribution in [-0.4, -0.2) is 42.0 Å². The van der Waals surface area contributed by atoms with E-state index < -0.39 is 0 Å². The fourth-order valence-corrected chi connectivity index (χ4v) is 1.55. The molecule has 0 bridgehead atoms. The second-order valence-electron chi connectivity index (χ2n) is 3.85. The van der Waals surface area contributed by atoms with Gasteiger partial charge in [-0.3, -0.25) is 9.48 Å². The van der Waals surface area contributed by atoms with Crippen LogP contribution in [0.3, 0.4) is 0 Å². The van der Waals surface area contributed by atoms with Crippen LogP contribution >= 0.6 is 0 Å². The predicted molar refractivity (Wildman–Crippen MR) is 67.5 cm³/mol. The van der Waals surface area contributed by atoms with Gasteiger partial charge in [-0.1, -0.05) is 0 Å². The van der Waals surface area contributed by atoms with Gasteiger partial charge in [0.2, 0.25) is 0 Å². The summed E-state index contributed by atoms with van der Waals surface area (Å²) in [7, 11) is 3.10. The summed E-state index contributed by atoms with van der Waals surface area (Å²) in [4.78, 5) is 22.6. The molecule has 7 nitrogen and oxygen atoms in total. The fourth-order valence-electron chi connectivity index (χ4n) is 1.55. The van der Waals surface area contributed by atoms with Crippen LogP contribution in [0.4, 0.5) is 0 Å². The summed E-state index contributed by atoms with van der Waals surface area (Å²) >= 11 is 0. The van der Waals surface area contributed by atoms with E-state index in [1.165, 1.54) is 13.3 Å². The zero-order valence-electron chi connectivity index (χ0n) is 11.4. The van der Waals surface area contributed by atoms with E-state index in [9.17, 15) is 9.59 Å². The molecule has 0 spiro atoms. The lowest BCUT2D eigenvalue weighted by Crippen LogP contribution is -2.21. The van der Waals surface area contributed by atoms with Crippen molar-refractivity contribution in [2.24, 2.45) is 7.05 Å². The molecular weight excluding hydrogens is 250 g/mol. The van der Waals surface area contributed by atoms with Gasteiger partial charge in [0.05, 0.1) is 32.0 Å². The topological polar surface area (TPSA) is 82.5 Å². The minimum atomic E-state index is -0.389. The number of methoxy groups -OCH3 is 1. The largest absolute Gasteiger partial charge is 0.469 e. The van der Waals surface area contributed by atoms with Crippen LogP contribution in [0.5, 0.6) is 0 Å². The third kappa shape index (κ3) is 4.36. The van der Waals surface area contributed by atoms with Gasteiger partial charge in [0.1, 0.15) is 5.56 Å². The number of aryl methyl sites for hydroxylation is 1. The number of hydrogen-bond donors (Lipinski definition) is 1. The van der Waals surface area contributed by atoms with Crippen LogP contribution in [0.15, 0.2) is 6.20 Å². The molecule has 1 heterocycles. The molecule has 1 aromatic rings. The summed E-state index contributed by atoms with van der Waals surface area (Å²) in [6, 6.07) is 0. The van der Waals surface area contributed by atoms with Crippen LogP contribution in [0.25, 0.3) is 0 Å². The van der Waals surface area contributed by atoms with E-state index >= 15 is 0 Å². The Balaban J connectivity index is 2.55. The fraction of sp³-hybridized carbons (Fsp3) is 0.583. The molecule has 0 aliphatic heterocycles. The number of hydrogen-bond acceptors (Lipinski definition) is 6. The standard InChI is InChI=1S/C12H19N3O4/c1-4-19-12(17)9-7-14-15(2)10(9)8-13-6-5-11(16)18-3/h7,13H,4-6,8H2,1-3H3. The number of carbonyl (C=O) groups is 2. The van der Waals surface area contributed by atoms with Crippen molar-refractivity contribution in [2.75, 3.05) is 20.3 Å². The molecule has 106 valence electrons. The van der Waals surface area contributed by atoms with Crippen molar-refractivity contribution >= 4 is 11.9 Å². The van der Waals surface area contributed by atoms with Gasteiger partial charge < -0.3 is 14.8 Å². The molecule has 1 N–H and O–H groups in total. The Morgan fingerprint density at radius 1 is 1.47 bits per heavy atom. The number of nitrogens with one attached hydrogen (secondary N) is 1. The van der Waals surface area contributed by atoms with Crippen molar-refractivity contribution < 1.29 is 19.1 Å². The molecule has 0 saturated carbocycles. The molecule has 0 fully saturated rings. The molecule has 0 aliphatic carbocycles. The van der Waals surface area contributed by atoms with Gasteiger partial charge >= 0.3 is 11.9 Å². The quantitative estimate of drug-likeness (QED) is 0.564. The Kier molecular flexibility index (Phi) is 6.01. The Bertz CT molecular complexity index is 442. The van der Waals surface area contributed by atoms with Crippen molar-refractivity contribution in [3.05, 3.63) is 17.5 Å². The van der Waals surface area contributed by atoms with Crippen LogP contribution in [0.2, 0.25) is 0 Å². The highest BCUT2D eigenvalue weighted by molar-refractivity contribution is 5.90. The first kappa shape index (κ1) is 15.2. The van der Waals surface area contributed by atoms with Crippen molar-refractivity contribution in [3.63, 3.8) is 0 Å². The van der Waals surface area contributed by atoms with Crippen LogP contribution < -0.4 is 5.32 Å². The summed E-state index contributed by atoms with van der Waals surface area (Å²) in [5.41, 5.74) is 1.17. The molecule has 0 amide bonds. The zero-order chi connectivity index (χ0) is 14.3. The number of ether oxygens (including phenoxy) is 2. The van der Waals surface area contributed by atoms with Crippen LogP contribution in [0.1, 0.15) is 29.4 Å². The third-order valence-corrected chi connectivity index (χ3v) is 2.58. The Labute approximate surface area is 111 Å². The first-order valence-electron chi connectivity index (χ1n) is 6.05. The number of rotatable bonds is 7. The lowest BCUT2D eigenvalue weighted by Gasteiger charge is -2.07. The van der Waals surface area contributed by atoms with Crippen molar-refractivity contribution in [1.82, 2.24) is 15.1 Å². The Morgan fingerprint density at radius 2 is 2.21 bits per heavy atom. The molecule has 1 rings (SSSR count). The van der Waals surface area contributed by atoms with Crippen molar-refractivity contribution in [1.29, 1.82) is 0 Å². The van der Waals surface area contributed by atoms with E-state index in [2.05, 4.69) is 15.2 Å². The third-order valence-electron chi connectivity index (χ3n) is 2.58. The minimum absolute atomic E-state index is 0.275. The normalized spacial score (nSPS) is 10.3. The van der Waals surface area contributed by atoms with Gasteiger partial charge in [0.15, 0.2) is 0 Å². The number of nitrogens with zero attached hydrogens (tertiary/aromatic N) is 2. The van der Waals surface area contributed by atoms with Gasteiger partial charge in [-0.25, -0.2) is 4.79 Å². The van der Waals surface area contributed by atoms with E-state index in [1.807, 2.05) is 0 Å². The van der Waals surface area contributed by atoms with Gasteiger partial charge in [0.25, 0.3) is 0 Å². The minimum Gasteiger partial charge on any atom is -0.469 e. The Hall–Kier alpha value is -1.89. The van der Waals surface area contributed by atoms with Gasteiger partial charge in [-0.15, -0.1) is 0 Å². The molecule has 0 unspecified atom stereocenters. The summed E-state index contributed by atoms with van der Waals surface area (Å²) < 4.78 is 11.1. The second kappa shape index (κ2) is 7.52. The zero-order valence-corrected chi connectivity index (χ0v) is 11.4. The van der Waals surface area contributed by atoms with E-state index in [4.69, 9.17) is 4.74 Å². The average molecular weight is 269 g/mol. The van der Waals surface area contributed by atoms with Crippen molar-refractivity contribution in [3.8, 4) is 0 Å². The van der Waals surface area contributed by atoms with Crippen LogP contribution in [-0.2, 0) is 27.9 Å². The number of carbonyl (C=O) groups excluding carboxylic acids is 2. The maximum atomic E-state index is 11.7. The molecule has 0 atom stereocenters. The highest BCUT2D eigenvalue weighted by atomic mass is 16.5.